The molecule has 0 N–H and O–H groups in total. The van der Waals surface area contributed by atoms with Crippen LogP contribution in [-0.4, -0.2) is 67.3 Å². The normalized spacial score (nSPS) is 14.9. The minimum absolute atomic E-state index is 0.203. The Morgan fingerprint density at radius 1 is 1.11 bits per heavy atom. The number of piperazine rings is 1. The lowest BCUT2D eigenvalue weighted by molar-refractivity contribution is -0.132. The van der Waals surface area contributed by atoms with E-state index in [0.29, 0.717) is 19.4 Å². The van der Waals surface area contributed by atoms with Crippen LogP contribution in [0.5, 0.6) is 11.5 Å². The summed E-state index contributed by atoms with van der Waals surface area (Å²) in [5.74, 6) is 2.68. The zero-order valence-corrected chi connectivity index (χ0v) is 16.9. The van der Waals surface area contributed by atoms with E-state index in [-0.39, 0.29) is 5.91 Å². The van der Waals surface area contributed by atoms with Gasteiger partial charge in [-0.25, -0.2) is 0 Å². The van der Waals surface area contributed by atoms with Crippen molar-refractivity contribution in [3.8, 4) is 11.5 Å². The molecule has 0 aliphatic carbocycles. The van der Waals surface area contributed by atoms with Crippen molar-refractivity contribution in [1.82, 2.24) is 15.0 Å². The van der Waals surface area contributed by atoms with Crippen LogP contribution in [0.2, 0.25) is 0 Å². The van der Waals surface area contributed by atoms with Crippen molar-refractivity contribution >= 4 is 5.91 Å². The Bertz CT molecular complexity index is 745. The number of amides is 1. The summed E-state index contributed by atoms with van der Waals surface area (Å²) >= 11 is 0. The number of aryl methyl sites for hydroxylation is 2. The lowest BCUT2D eigenvalue weighted by Gasteiger charge is -2.34. The zero-order valence-electron chi connectivity index (χ0n) is 16.9. The summed E-state index contributed by atoms with van der Waals surface area (Å²) in [5.41, 5.74) is 1.94. The summed E-state index contributed by atoms with van der Waals surface area (Å²) in [4.78, 5) is 16.8. The van der Waals surface area contributed by atoms with E-state index in [1.165, 1.54) is 0 Å². The third-order valence-electron chi connectivity index (χ3n) is 5.23. The minimum Gasteiger partial charge on any atom is -0.497 e. The summed E-state index contributed by atoms with van der Waals surface area (Å²) in [7, 11) is 1.65. The second-order valence-electron chi connectivity index (χ2n) is 7.05. The molecule has 1 amide bonds. The van der Waals surface area contributed by atoms with Gasteiger partial charge >= 0.3 is 0 Å². The molecule has 2 heterocycles. The zero-order chi connectivity index (χ0) is 19.9. The predicted octanol–water partition coefficient (Wildman–Crippen LogP) is 2.46. The Morgan fingerprint density at radius 2 is 1.79 bits per heavy atom. The number of ether oxygens (including phenoxy) is 2. The lowest BCUT2D eigenvalue weighted by atomic mass is 10.1. The van der Waals surface area contributed by atoms with Gasteiger partial charge in [-0.15, -0.1) is 0 Å². The Morgan fingerprint density at radius 3 is 2.39 bits per heavy atom. The Hall–Kier alpha value is -2.54. The lowest BCUT2D eigenvalue weighted by Crippen LogP contribution is -2.49. The minimum atomic E-state index is 0.203. The van der Waals surface area contributed by atoms with Crippen LogP contribution >= 0.6 is 0 Å². The highest BCUT2D eigenvalue weighted by Crippen LogP contribution is 2.17. The van der Waals surface area contributed by atoms with Crippen LogP contribution in [0.15, 0.2) is 28.8 Å². The number of aromatic nitrogens is 1. The molecule has 152 valence electrons. The van der Waals surface area contributed by atoms with Crippen LogP contribution in [0.4, 0.5) is 0 Å². The van der Waals surface area contributed by atoms with E-state index in [1.807, 2.05) is 43.0 Å². The molecule has 1 aliphatic heterocycles. The summed E-state index contributed by atoms with van der Waals surface area (Å²) in [6, 6.07) is 7.60. The molecule has 7 nitrogen and oxygen atoms in total. The van der Waals surface area contributed by atoms with Crippen LogP contribution in [0.1, 0.15) is 23.4 Å². The molecular weight excluding hydrogens is 358 g/mol. The van der Waals surface area contributed by atoms with Gasteiger partial charge in [-0.05, 0) is 44.5 Å². The van der Waals surface area contributed by atoms with E-state index in [9.17, 15) is 4.79 Å². The molecule has 1 aromatic heterocycles. The number of rotatable bonds is 8. The highest BCUT2D eigenvalue weighted by molar-refractivity contribution is 5.76. The van der Waals surface area contributed by atoms with Crippen LogP contribution in [-0.2, 0) is 11.2 Å². The first-order valence-electron chi connectivity index (χ1n) is 9.75. The average Bonchev–Trinajstić information content (AvgIpc) is 3.04. The maximum Gasteiger partial charge on any atom is 0.222 e. The van der Waals surface area contributed by atoms with E-state index in [0.717, 1.165) is 61.2 Å². The first-order valence-corrected chi connectivity index (χ1v) is 9.75. The number of methoxy groups -OCH3 is 1. The van der Waals surface area contributed by atoms with Crippen molar-refractivity contribution in [1.29, 1.82) is 0 Å². The van der Waals surface area contributed by atoms with Crippen molar-refractivity contribution in [2.45, 2.75) is 26.7 Å². The first-order chi connectivity index (χ1) is 13.6. The van der Waals surface area contributed by atoms with E-state index in [1.54, 1.807) is 7.11 Å². The maximum atomic E-state index is 12.5. The predicted molar refractivity (Wildman–Crippen MR) is 106 cm³/mol. The Balaban J connectivity index is 1.35. The molecule has 0 atom stereocenters. The van der Waals surface area contributed by atoms with E-state index >= 15 is 0 Å². The van der Waals surface area contributed by atoms with E-state index in [4.69, 9.17) is 14.0 Å². The van der Waals surface area contributed by atoms with Gasteiger partial charge in [-0.3, -0.25) is 9.69 Å². The Labute approximate surface area is 166 Å². The number of nitrogens with zero attached hydrogens (tertiary/aromatic N) is 3. The number of carbonyl (C=O) groups excluding carboxylic acids is 1. The fraction of sp³-hybridized carbons (Fsp3) is 0.524. The molecule has 28 heavy (non-hydrogen) atoms. The van der Waals surface area contributed by atoms with Crippen LogP contribution in [0, 0.1) is 13.8 Å². The maximum absolute atomic E-state index is 12.5. The van der Waals surface area contributed by atoms with E-state index < -0.39 is 0 Å². The molecular formula is C21H29N3O4. The Kier molecular flexibility index (Phi) is 6.92. The van der Waals surface area contributed by atoms with Crippen LogP contribution in [0.3, 0.4) is 0 Å². The van der Waals surface area contributed by atoms with Gasteiger partial charge in [-0.2, -0.15) is 0 Å². The number of benzene rings is 1. The van der Waals surface area contributed by atoms with Crippen molar-refractivity contribution in [3.05, 3.63) is 41.3 Å². The number of hydrogen-bond acceptors (Lipinski definition) is 6. The molecule has 0 bridgehead atoms. The van der Waals surface area contributed by atoms with Gasteiger partial charge in [0.05, 0.1) is 12.8 Å². The second kappa shape index (κ2) is 9.59. The van der Waals surface area contributed by atoms with Crippen LogP contribution in [0.25, 0.3) is 0 Å². The summed E-state index contributed by atoms with van der Waals surface area (Å²) < 4.78 is 16.1. The highest BCUT2D eigenvalue weighted by Gasteiger charge is 2.21. The fourth-order valence-electron chi connectivity index (χ4n) is 3.43. The van der Waals surface area contributed by atoms with Gasteiger partial charge in [0, 0.05) is 44.7 Å². The molecule has 0 spiro atoms. The topological polar surface area (TPSA) is 68.0 Å². The second-order valence-corrected chi connectivity index (χ2v) is 7.05. The van der Waals surface area contributed by atoms with Gasteiger partial charge in [-0.1, -0.05) is 5.16 Å². The fourth-order valence-corrected chi connectivity index (χ4v) is 3.43. The van der Waals surface area contributed by atoms with Gasteiger partial charge in [0.1, 0.15) is 23.9 Å². The quantitative estimate of drug-likeness (QED) is 0.693. The molecule has 1 aliphatic rings. The molecule has 1 aromatic carbocycles. The largest absolute Gasteiger partial charge is 0.497 e. The third-order valence-corrected chi connectivity index (χ3v) is 5.23. The van der Waals surface area contributed by atoms with Crippen molar-refractivity contribution < 1.29 is 18.8 Å². The van der Waals surface area contributed by atoms with Crippen LogP contribution < -0.4 is 9.47 Å². The number of carbonyl (C=O) groups is 1. The summed E-state index contributed by atoms with van der Waals surface area (Å²) in [5, 5.41) is 3.95. The average molecular weight is 387 g/mol. The van der Waals surface area contributed by atoms with Gasteiger partial charge in [0.15, 0.2) is 0 Å². The smallest absolute Gasteiger partial charge is 0.222 e. The van der Waals surface area contributed by atoms with Gasteiger partial charge < -0.3 is 18.9 Å². The monoisotopic (exact) mass is 387 g/mol. The molecule has 3 rings (SSSR count). The molecule has 1 saturated heterocycles. The third kappa shape index (κ3) is 5.25. The SMILES string of the molecule is COc1ccc(OCCN2CCN(C(=O)CCc3c(C)noc3C)CC2)cc1. The first kappa shape index (κ1) is 20.2. The molecule has 7 heteroatoms. The molecule has 2 aromatic rings. The van der Waals surface area contributed by atoms with Crippen molar-refractivity contribution in [2.75, 3.05) is 46.4 Å². The van der Waals surface area contributed by atoms with E-state index in [2.05, 4.69) is 10.1 Å². The van der Waals surface area contributed by atoms with Gasteiger partial charge in [0.2, 0.25) is 5.91 Å². The van der Waals surface area contributed by atoms with Crippen molar-refractivity contribution in [3.63, 3.8) is 0 Å². The van der Waals surface area contributed by atoms with Gasteiger partial charge in [0.25, 0.3) is 0 Å². The number of hydrogen-bond donors (Lipinski definition) is 0. The standard InChI is InChI=1S/C21H29N3O4/c1-16-20(17(2)28-22-16)8-9-21(25)24-12-10-23(11-13-24)14-15-27-19-6-4-18(26-3)5-7-19/h4-7H,8-15H2,1-3H3. The summed E-state index contributed by atoms with van der Waals surface area (Å²) in [6.45, 7) is 8.59. The molecule has 0 saturated carbocycles. The molecule has 0 radical (unpaired) electrons. The highest BCUT2D eigenvalue weighted by atomic mass is 16.5. The summed E-state index contributed by atoms with van der Waals surface area (Å²) in [6.07, 6.45) is 1.19. The molecule has 1 fully saturated rings. The van der Waals surface area contributed by atoms with Crippen molar-refractivity contribution in [2.24, 2.45) is 0 Å². The molecule has 0 unspecified atom stereocenters.